The number of hydrogen-bond donors (Lipinski definition) is 3. The molecule has 1 unspecified atom stereocenters. The first kappa shape index (κ1) is 25.5. The maximum atomic E-state index is 12.9. The summed E-state index contributed by atoms with van der Waals surface area (Å²) in [6.07, 6.45) is 2.07. The molecule has 0 radical (unpaired) electrons. The van der Waals surface area contributed by atoms with Gasteiger partial charge in [0.1, 0.15) is 0 Å². The SMILES string of the molecule is CC(C)(C)c1ccc(C(=O)Nc2ccc(C(N)=O)c(NC3CCCN(Cc4ccccc4)C3)c2)cc1. The average molecular weight is 485 g/mol. The monoisotopic (exact) mass is 484 g/mol. The molecule has 36 heavy (non-hydrogen) atoms. The van der Waals surface area contributed by atoms with E-state index in [2.05, 4.69) is 60.6 Å². The number of rotatable bonds is 7. The standard InChI is InChI=1S/C30H36N4O2/c1-30(2,3)23-13-11-22(12-14-23)29(36)33-24-15-16-26(28(31)35)27(18-24)32-25-10-7-17-34(20-25)19-21-8-5-4-6-9-21/h4-6,8-9,11-16,18,25,32H,7,10,17,19-20H2,1-3H3,(H2,31,35)(H,33,36). The number of primary amides is 1. The van der Waals surface area contributed by atoms with Crippen molar-refractivity contribution in [1.82, 2.24) is 4.90 Å². The molecule has 1 saturated heterocycles. The van der Waals surface area contributed by atoms with E-state index in [1.165, 1.54) is 11.1 Å². The van der Waals surface area contributed by atoms with E-state index in [1.807, 2.05) is 30.3 Å². The van der Waals surface area contributed by atoms with Crippen LogP contribution in [0.5, 0.6) is 0 Å². The number of nitrogens with two attached hydrogens (primary N) is 1. The first-order valence-corrected chi connectivity index (χ1v) is 12.6. The average Bonchev–Trinajstić information content (AvgIpc) is 2.84. The summed E-state index contributed by atoms with van der Waals surface area (Å²) in [6, 6.07) is 23.5. The summed E-state index contributed by atoms with van der Waals surface area (Å²) in [4.78, 5) is 27.4. The zero-order chi connectivity index (χ0) is 25.7. The molecule has 0 aliphatic carbocycles. The summed E-state index contributed by atoms with van der Waals surface area (Å²) >= 11 is 0. The third-order valence-corrected chi connectivity index (χ3v) is 6.67. The van der Waals surface area contributed by atoms with E-state index in [0.29, 0.717) is 22.5 Å². The second-order valence-corrected chi connectivity index (χ2v) is 10.6. The van der Waals surface area contributed by atoms with Crippen LogP contribution < -0.4 is 16.4 Å². The largest absolute Gasteiger partial charge is 0.380 e. The molecule has 6 heteroatoms. The lowest BCUT2D eigenvalue weighted by Gasteiger charge is -2.34. The predicted octanol–water partition coefficient (Wildman–Crippen LogP) is 5.41. The fourth-order valence-corrected chi connectivity index (χ4v) is 4.66. The Bertz CT molecular complexity index is 1200. The number of anilines is 2. The molecular weight excluding hydrogens is 448 g/mol. The van der Waals surface area contributed by atoms with Gasteiger partial charge in [0.2, 0.25) is 0 Å². The molecule has 1 aliphatic rings. The Morgan fingerprint density at radius 3 is 2.39 bits per heavy atom. The van der Waals surface area contributed by atoms with E-state index in [-0.39, 0.29) is 17.4 Å². The summed E-state index contributed by atoms with van der Waals surface area (Å²) in [6.45, 7) is 9.23. The van der Waals surface area contributed by atoms with Crippen molar-refractivity contribution in [3.63, 3.8) is 0 Å². The summed E-state index contributed by atoms with van der Waals surface area (Å²) in [7, 11) is 0. The van der Waals surface area contributed by atoms with Crippen molar-refractivity contribution in [2.24, 2.45) is 5.73 Å². The number of likely N-dealkylation sites (tertiary alicyclic amines) is 1. The van der Waals surface area contributed by atoms with E-state index in [0.717, 1.165) is 32.5 Å². The molecule has 0 saturated carbocycles. The van der Waals surface area contributed by atoms with Crippen LogP contribution in [0.2, 0.25) is 0 Å². The van der Waals surface area contributed by atoms with Crippen LogP contribution in [0.4, 0.5) is 11.4 Å². The van der Waals surface area contributed by atoms with Crippen molar-refractivity contribution in [2.45, 2.75) is 51.6 Å². The Labute approximate surface area is 213 Å². The van der Waals surface area contributed by atoms with Gasteiger partial charge in [-0.25, -0.2) is 0 Å². The van der Waals surface area contributed by atoms with E-state index in [9.17, 15) is 9.59 Å². The van der Waals surface area contributed by atoms with E-state index in [1.54, 1.807) is 18.2 Å². The zero-order valence-electron chi connectivity index (χ0n) is 21.4. The quantitative estimate of drug-likeness (QED) is 0.418. The van der Waals surface area contributed by atoms with Crippen LogP contribution in [0.25, 0.3) is 0 Å². The second kappa shape index (κ2) is 11.0. The van der Waals surface area contributed by atoms with Gasteiger partial charge in [-0.3, -0.25) is 14.5 Å². The van der Waals surface area contributed by atoms with Gasteiger partial charge in [0, 0.05) is 36.1 Å². The Hall–Kier alpha value is -3.64. The fraction of sp³-hybridized carbons (Fsp3) is 0.333. The number of hydrogen-bond acceptors (Lipinski definition) is 4. The highest BCUT2D eigenvalue weighted by molar-refractivity contribution is 6.05. The van der Waals surface area contributed by atoms with Crippen LogP contribution in [0.15, 0.2) is 72.8 Å². The van der Waals surface area contributed by atoms with Gasteiger partial charge in [-0.2, -0.15) is 0 Å². The zero-order valence-corrected chi connectivity index (χ0v) is 21.4. The summed E-state index contributed by atoms with van der Waals surface area (Å²) < 4.78 is 0. The topological polar surface area (TPSA) is 87.5 Å². The summed E-state index contributed by atoms with van der Waals surface area (Å²) in [5.74, 6) is -0.690. The third kappa shape index (κ3) is 6.52. The van der Waals surface area contributed by atoms with Crippen LogP contribution in [0.1, 0.15) is 65.5 Å². The molecule has 4 rings (SSSR count). The molecule has 0 aromatic heterocycles. The normalized spacial score (nSPS) is 16.4. The Balaban J connectivity index is 1.46. The molecule has 1 heterocycles. The van der Waals surface area contributed by atoms with E-state index in [4.69, 9.17) is 5.73 Å². The smallest absolute Gasteiger partial charge is 0.255 e. The molecule has 1 fully saturated rings. The number of nitrogens with zero attached hydrogens (tertiary/aromatic N) is 1. The Morgan fingerprint density at radius 1 is 1.00 bits per heavy atom. The molecule has 1 atom stereocenters. The molecule has 188 valence electrons. The molecule has 3 aromatic rings. The molecule has 0 spiro atoms. The Kier molecular flexibility index (Phi) is 7.75. The maximum Gasteiger partial charge on any atom is 0.255 e. The molecule has 3 aromatic carbocycles. The molecule has 0 bridgehead atoms. The van der Waals surface area contributed by atoms with E-state index >= 15 is 0 Å². The van der Waals surface area contributed by atoms with Crippen LogP contribution in [-0.4, -0.2) is 35.8 Å². The molecule has 2 amide bonds. The minimum Gasteiger partial charge on any atom is -0.380 e. The first-order chi connectivity index (χ1) is 17.2. The van der Waals surface area contributed by atoms with Gasteiger partial charge < -0.3 is 16.4 Å². The predicted molar refractivity (Wildman–Crippen MR) is 146 cm³/mol. The summed E-state index contributed by atoms with van der Waals surface area (Å²) in [5, 5.41) is 6.49. The van der Waals surface area contributed by atoms with Gasteiger partial charge in [0.05, 0.1) is 5.56 Å². The number of piperidine rings is 1. The van der Waals surface area contributed by atoms with Gasteiger partial charge in [-0.15, -0.1) is 0 Å². The first-order valence-electron chi connectivity index (χ1n) is 12.6. The maximum absolute atomic E-state index is 12.9. The third-order valence-electron chi connectivity index (χ3n) is 6.67. The van der Waals surface area contributed by atoms with Crippen LogP contribution in [0, 0.1) is 0 Å². The number of benzene rings is 3. The second-order valence-electron chi connectivity index (χ2n) is 10.6. The Morgan fingerprint density at radius 2 is 1.72 bits per heavy atom. The number of nitrogens with one attached hydrogen (secondary N) is 2. The van der Waals surface area contributed by atoms with Crippen molar-refractivity contribution >= 4 is 23.2 Å². The fourth-order valence-electron chi connectivity index (χ4n) is 4.66. The lowest BCUT2D eigenvalue weighted by Crippen LogP contribution is -2.41. The van der Waals surface area contributed by atoms with Crippen LogP contribution in [0.3, 0.4) is 0 Å². The van der Waals surface area contributed by atoms with E-state index < -0.39 is 5.91 Å². The molecular formula is C30H36N4O2. The van der Waals surface area contributed by atoms with Crippen LogP contribution >= 0.6 is 0 Å². The van der Waals surface area contributed by atoms with Gasteiger partial charge in [-0.05, 0) is 66.3 Å². The minimum absolute atomic E-state index is 0.0238. The van der Waals surface area contributed by atoms with Gasteiger partial charge in [0.15, 0.2) is 0 Å². The van der Waals surface area contributed by atoms with Crippen molar-refractivity contribution in [2.75, 3.05) is 23.7 Å². The van der Waals surface area contributed by atoms with Crippen molar-refractivity contribution < 1.29 is 9.59 Å². The highest BCUT2D eigenvalue weighted by atomic mass is 16.2. The van der Waals surface area contributed by atoms with Gasteiger partial charge in [0.25, 0.3) is 11.8 Å². The lowest BCUT2D eigenvalue weighted by atomic mass is 9.87. The molecule has 4 N–H and O–H groups in total. The highest BCUT2D eigenvalue weighted by Gasteiger charge is 2.22. The van der Waals surface area contributed by atoms with Crippen molar-refractivity contribution in [1.29, 1.82) is 0 Å². The minimum atomic E-state index is -0.495. The van der Waals surface area contributed by atoms with Crippen molar-refractivity contribution in [3.8, 4) is 0 Å². The molecule has 6 nitrogen and oxygen atoms in total. The van der Waals surface area contributed by atoms with Crippen molar-refractivity contribution in [3.05, 3.63) is 95.1 Å². The van der Waals surface area contributed by atoms with Gasteiger partial charge in [-0.1, -0.05) is 63.2 Å². The van der Waals surface area contributed by atoms with Crippen LogP contribution in [-0.2, 0) is 12.0 Å². The van der Waals surface area contributed by atoms with Gasteiger partial charge >= 0.3 is 0 Å². The number of amides is 2. The summed E-state index contributed by atoms with van der Waals surface area (Å²) in [5.41, 5.74) is 10.4. The lowest BCUT2D eigenvalue weighted by molar-refractivity contribution is 0.0998. The number of carbonyl (C=O) groups is 2. The molecule has 1 aliphatic heterocycles. The number of carbonyl (C=O) groups excluding carboxylic acids is 2. The highest BCUT2D eigenvalue weighted by Crippen LogP contribution is 2.26.